The van der Waals surface area contributed by atoms with Gasteiger partial charge in [-0.1, -0.05) is 6.07 Å². The summed E-state index contributed by atoms with van der Waals surface area (Å²) < 4.78 is 69.0. The van der Waals surface area contributed by atoms with Crippen molar-refractivity contribution in [1.82, 2.24) is 9.78 Å². The molecule has 1 N–H and O–H groups in total. The van der Waals surface area contributed by atoms with Crippen LogP contribution in [-0.2, 0) is 6.54 Å². The second-order valence-corrected chi connectivity index (χ2v) is 6.51. The molecule has 3 aromatic rings. The van der Waals surface area contributed by atoms with Gasteiger partial charge >= 0.3 is 0 Å². The summed E-state index contributed by atoms with van der Waals surface area (Å²) in [7, 11) is 0. The van der Waals surface area contributed by atoms with E-state index in [-0.39, 0.29) is 28.3 Å². The highest BCUT2D eigenvalue weighted by Gasteiger charge is 2.27. The van der Waals surface area contributed by atoms with Gasteiger partial charge in [0.25, 0.3) is 11.6 Å². The van der Waals surface area contributed by atoms with Gasteiger partial charge in [-0.05, 0) is 19.9 Å². The molecule has 0 atom stereocenters. The van der Waals surface area contributed by atoms with Crippen LogP contribution in [-0.4, -0.2) is 20.6 Å². The Bertz CT molecular complexity index is 1200. The number of nitro benzene ring substituents is 1. The molecule has 0 aliphatic carbocycles. The molecule has 0 radical (unpaired) electrons. The Kier molecular flexibility index (Phi) is 5.73. The van der Waals surface area contributed by atoms with Crippen molar-refractivity contribution in [2.75, 3.05) is 5.32 Å². The number of hydrogen-bond acceptors (Lipinski definition) is 4. The molecule has 0 bridgehead atoms. The molecule has 0 aliphatic rings. The van der Waals surface area contributed by atoms with Crippen LogP contribution in [0.5, 0.6) is 0 Å². The van der Waals surface area contributed by atoms with Crippen LogP contribution in [0.1, 0.15) is 27.3 Å². The van der Waals surface area contributed by atoms with Crippen molar-refractivity contribution >= 4 is 17.3 Å². The van der Waals surface area contributed by atoms with Crippen molar-refractivity contribution in [2.24, 2.45) is 0 Å². The number of benzene rings is 2. The molecule has 1 aromatic heterocycles. The fourth-order valence-electron chi connectivity index (χ4n) is 2.92. The van der Waals surface area contributed by atoms with E-state index < -0.39 is 52.0 Å². The maximum absolute atomic E-state index is 14.0. The highest BCUT2D eigenvalue weighted by atomic mass is 19.2. The Morgan fingerprint density at radius 2 is 1.65 bits per heavy atom. The minimum atomic E-state index is -2.27. The summed E-state index contributed by atoms with van der Waals surface area (Å²) in [5.41, 5.74) is -0.928. The highest BCUT2D eigenvalue weighted by molar-refractivity contribution is 6.05. The molecule has 1 heterocycles. The Hall–Kier alpha value is -3.83. The van der Waals surface area contributed by atoms with Gasteiger partial charge in [0, 0.05) is 17.7 Å². The average Bonchev–Trinajstić information content (AvgIpc) is 3.01. The van der Waals surface area contributed by atoms with E-state index in [4.69, 9.17) is 0 Å². The van der Waals surface area contributed by atoms with Gasteiger partial charge in [0.15, 0.2) is 23.3 Å². The summed E-state index contributed by atoms with van der Waals surface area (Å²) in [6.45, 7) is 2.07. The first-order valence-corrected chi connectivity index (χ1v) is 8.63. The van der Waals surface area contributed by atoms with Crippen molar-refractivity contribution in [3.8, 4) is 0 Å². The van der Waals surface area contributed by atoms with Gasteiger partial charge in [-0.3, -0.25) is 19.6 Å². The number of non-ortho nitro benzene ring substituents is 1. The van der Waals surface area contributed by atoms with Gasteiger partial charge in [-0.15, -0.1) is 0 Å². The lowest BCUT2D eigenvalue weighted by Crippen LogP contribution is -2.14. The standard InChI is InChI=1S/C19H13F5N4O3/c1-8-18(25-19(29)10-4-3-5-11(6-10)28(30)31)9(2)27(26-8)7-12-13(20)15(22)17(24)16(23)14(12)21/h3-6H,7H2,1-2H3,(H,25,29). The number of nitrogens with one attached hydrogen (secondary N) is 1. The fourth-order valence-corrected chi connectivity index (χ4v) is 2.92. The topological polar surface area (TPSA) is 90.1 Å². The number of hydrogen-bond donors (Lipinski definition) is 1. The van der Waals surface area contributed by atoms with E-state index in [1.165, 1.54) is 32.0 Å². The molecule has 0 spiro atoms. The zero-order chi connectivity index (χ0) is 23.0. The molecule has 31 heavy (non-hydrogen) atoms. The Labute approximate surface area is 171 Å². The van der Waals surface area contributed by atoms with Gasteiger partial charge < -0.3 is 5.32 Å². The molecular weight excluding hydrogens is 427 g/mol. The van der Waals surface area contributed by atoms with E-state index in [0.29, 0.717) is 0 Å². The SMILES string of the molecule is Cc1nn(Cc2c(F)c(F)c(F)c(F)c2F)c(C)c1NC(=O)c1cccc([N+](=O)[O-])c1. The Morgan fingerprint density at radius 3 is 2.23 bits per heavy atom. The minimum absolute atomic E-state index is 0.0273. The third kappa shape index (κ3) is 3.96. The molecule has 0 saturated carbocycles. The molecule has 2 aromatic carbocycles. The number of aromatic nitrogens is 2. The lowest BCUT2D eigenvalue weighted by Gasteiger charge is -2.10. The number of aryl methyl sites for hydroxylation is 1. The third-order valence-corrected chi connectivity index (χ3v) is 4.55. The van der Waals surface area contributed by atoms with Crippen molar-refractivity contribution in [1.29, 1.82) is 0 Å². The molecule has 12 heteroatoms. The van der Waals surface area contributed by atoms with Gasteiger partial charge in [-0.2, -0.15) is 5.10 Å². The minimum Gasteiger partial charge on any atom is -0.319 e. The van der Waals surface area contributed by atoms with Crippen LogP contribution in [0.3, 0.4) is 0 Å². The number of anilines is 1. The normalized spacial score (nSPS) is 10.9. The van der Waals surface area contributed by atoms with Crippen molar-refractivity contribution in [3.63, 3.8) is 0 Å². The quantitative estimate of drug-likeness (QED) is 0.209. The Balaban J connectivity index is 1.93. The summed E-state index contributed by atoms with van der Waals surface area (Å²) >= 11 is 0. The van der Waals surface area contributed by atoms with Crippen molar-refractivity contribution < 1.29 is 31.7 Å². The number of nitrogens with zero attached hydrogens (tertiary/aromatic N) is 3. The largest absolute Gasteiger partial charge is 0.319 e. The van der Waals surface area contributed by atoms with E-state index in [1.807, 2.05) is 0 Å². The zero-order valence-electron chi connectivity index (χ0n) is 16.0. The Morgan fingerprint density at radius 1 is 1.06 bits per heavy atom. The zero-order valence-corrected chi connectivity index (χ0v) is 16.0. The van der Waals surface area contributed by atoms with E-state index in [9.17, 15) is 36.9 Å². The van der Waals surface area contributed by atoms with E-state index in [2.05, 4.69) is 10.4 Å². The van der Waals surface area contributed by atoms with Crippen molar-refractivity contribution in [3.05, 3.63) is 86.0 Å². The molecule has 1 amide bonds. The highest BCUT2D eigenvalue weighted by Crippen LogP contribution is 2.26. The average molecular weight is 440 g/mol. The van der Waals surface area contributed by atoms with Gasteiger partial charge in [0.1, 0.15) is 0 Å². The van der Waals surface area contributed by atoms with E-state index >= 15 is 0 Å². The molecule has 7 nitrogen and oxygen atoms in total. The molecule has 0 fully saturated rings. The maximum Gasteiger partial charge on any atom is 0.270 e. The number of rotatable bonds is 5. The van der Waals surface area contributed by atoms with Gasteiger partial charge in [-0.25, -0.2) is 22.0 Å². The summed E-state index contributed by atoms with van der Waals surface area (Å²) in [6.07, 6.45) is 0. The first-order chi connectivity index (χ1) is 14.5. The molecule has 0 aliphatic heterocycles. The first-order valence-electron chi connectivity index (χ1n) is 8.63. The molecule has 0 saturated heterocycles. The predicted octanol–water partition coefficient (Wildman–Crippen LogP) is 4.40. The van der Waals surface area contributed by atoms with E-state index in [1.54, 1.807) is 0 Å². The summed E-state index contributed by atoms with van der Waals surface area (Å²) in [4.78, 5) is 22.7. The number of amides is 1. The van der Waals surface area contributed by atoms with Crippen LogP contribution in [0.4, 0.5) is 33.3 Å². The van der Waals surface area contributed by atoms with Crippen LogP contribution in [0.15, 0.2) is 24.3 Å². The van der Waals surface area contributed by atoms with Crippen LogP contribution < -0.4 is 5.32 Å². The van der Waals surface area contributed by atoms with Gasteiger partial charge in [0.05, 0.1) is 34.1 Å². The molecule has 0 unspecified atom stereocenters. The smallest absolute Gasteiger partial charge is 0.270 e. The van der Waals surface area contributed by atoms with Crippen LogP contribution in [0.25, 0.3) is 0 Å². The number of halogens is 5. The predicted molar refractivity (Wildman–Crippen MR) is 98.1 cm³/mol. The van der Waals surface area contributed by atoms with Crippen LogP contribution in [0.2, 0.25) is 0 Å². The number of nitro groups is 1. The van der Waals surface area contributed by atoms with Crippen LogP contribution >= 0.6 is 0 Å². The molecular formula is C19H13F5N4O3. The summed E-state index contributed by atoms with van der Waals surface area (Å²) in [5, 5.41) is 17.3. The molecule has 162 valence electrons. The van der Waals surface area contributed by atoms with Gasteiger partial charge in [0.2, 0.25) is 5.82 Å². The first kappa shape index (κ1) is 21.9. The summed E-state index contributed by atoms with van der Waals surface area (Å²) in [5.74, 6) is -11.1. The third-order valence-electron chi connectivity index (χ3n) is 4.55. The lowest BCUT2D eigenvalue weighted by molar-refractivity contribution is -0.384. The number of carbonyl (C=O) groups excluding carboxylic acids is 1. The van der Waals surface area contributed by atoms with Crippen LogP contribution in [0, 0.1) is 53.0 Å². The van der Waals surface area contributed by atoms with E-state index in [0.717, 1.165) is 10.7 Å². The second-order valence-electron chi connectivity index (χ2n) is 6.51. The summed E-state index contributed by atoms with van der Waals surface area (Å²) in [6, 6.07) is 4.92. The lowest BCUT2D eigenvalue weighted by atomic mass is 10.1. The molecule has 3 rings (SSSR count). The maximum atomic E-state index is 14.0. The second kappa shape index (κ2) is 8.13. The number of carbonyl (C=O) groups is 1. The monoisotopic (exact) mass is 440 g/mol. The fraction of sp³-hybridized carbons (Fsp3) is 0.158. The van der Waals surface area contributed by atoms with Crippen molar-refractivity contribution in [2.45, 2.75) is 20.4 Å².